The first-order valence-corrected chi connectivity index (χ1v) is 6.06. The van der Waals surface area contributed by atoms with Crippen LogP contribution in [-0.2, 0) is 12.8 Å². The number of nitrogens with two attached hydrogens (primary N) is 1. The second kappa shape index (κ2) is 3.63. The van der Waals surface area contributed by atoms with E-state index in [9.17, 15) is 0 Å². The fraction of sp³-hybridized carbons (Fsp3) is 0.750. The summed E-state index contributed by atoms with van der Waals surface area (Å²) >= 11 is 0. The van der Waals surface area contributed by atoms with Crippen molar-refractivity contribution in [3.8, 4) is 0 Å². The summed E-state index contributed by atoms with van der Waals surface area (Å²) in [4.78, 5) is 0. The van der Waals surface area contributed by atoms with Crippen LogP contribution in [0.1, 0.15) is 48.6 Å². The van der Waals surface area contributed by atoms with E-state index in [2.05, 4.69) is 5.16 Å². The van der Waals surface area contributed by atoms with Crippen molar-refractivity contribution in [3.05, 3.63) is 17.0 Å². The Bertz CT molecular complexity index is 355. The lowest BCUT2D eigenvalue weighted by molar-refractivity contribution is 0.328. The van der Waals surface area contributed by atoms with Gasteiger partial charge in [-0.25, -0.2) is 0 Å². The molecule has 2 N–H and O–H groups in total. The molecular formula is C12H18N2O. The number of rotatable bonds is 3. The number of aromatic nitrogens is 1. The maximum atomic E-state index is 5.60. The van der Waals surface area contributed by atoms with Gasteiger partial charge in [0.2, 0.25) is 0 Å². The summed E-state index contributed by atoms with van der Waals surface area (Å²) in [6, 6.07) is 0. The van der Waals surface area contributed by atoms with Gasteiger partial charge in [-0.2, -0.15) is 0 Å². The molecule has 1 unspecified atom stereocenters. The van der Waals surface area contributed by atoms with E-state index in [-0.39, 0.29) is 0 Å². The van der Waals surface area contributed by atoms with E-state index in [1.54, 1.807) is 0 Å². The van der Waals surface area contributed by atoms with Gasteiger partial charge >= 0.3 is 0 Å². The molecule has 3 rings (SSSR count). The van der Waals surface area contributed by atoms with Gasteiger partial charge in [-0.1, -0.05) is 5.16 Å². The molecule has 2 aliphatic rings. The zero-order valence-corrected chi connectivity index (χ0v) is 9.04. The molecule has 0 radical (unpaired) electrons. The Balaban J connectivity index is 1.79. The average Bonchev–Trinajstić information content (AvgIpc) is 3.00. The molecule has 1 fully saturated rings. The third-order valence-corrected chi connectivity index (χ3v) is 3.72. The quantitative estimate of drug-likeness (QED) is 0.823. The van der Waals surface area contributed by atoms with Gasteiger partial charge in [0.25, 0.3) is 0 Å². The molecule has 0 spiro atoms. The van der Waals surface area contributed by atoms with Gasteiger partial charge in [-0.15, -0.1) is 0 Å². The normalized spacial score (nSPS) is 25.3. The zero-order chi connectivity index (χ0) is 10.3. The summed E-state index contributed by atoms with van der Waals surface area (Å²) in [6.45, 7) is 0.795. The standard InChI is InChI=1S/C12H18N2O/c13-6-5-8-1-4-10-11(7-8)15-14-12(10)9-2-3-9/h8-9H,1-7,13H2. The largest absolute Gasteiger partial charge is 0.361 e. The average molecular weight is 206 g/mol. The Labute approximate surface area is 90.0 Å². The minimum absolute atomic E-state index is 0.725. The van der Waals surface area contributed by atoms with E-state index in [1.807, 2.05) is 0 Å². The molecule has 1 heterocycles. The summed E-state index contributed by atoms with van der Waals surface area (Å²) in [6.07, 6.45) is 7.24. The van der Waals surface area contributed by atoms with Gasteiger partial charge in [-0.3, -0.25) is 0 Å². The van der Waals surface area contributed by atoms with Crippen molar-refractivity contribution >= 4 is 0 Å². The van der Waals surface area contributed by atoms with E-state index >= 15 is 0 Å². The first-order chi connectivity index (χ1) is 7.38. The van der Waals surface area contributed by atoms with Crippen LogP contribution in [0.15, 0.2) is 4.52 Å². The molecule has 3 nitrogen and oxygen atoms in total. The molecular weight excluding hydrogens is 188 g/mol. The second-order valence-corrected chi connectivity index (χ2v) is 4.93. The molecule has 15 heavy (non-hydrogen) atoms. The van der Waals surface area contributed by atoms with Gasteiger partial charge in [0.05, 0.1) is 5.69 Å². The zero-order valence-electron chi connectivity index (χ0n) is 9.04. The molecule has 0 amide bonds. The van der Waals surface area contributed by atoms with Crippen molar-refractivity contribution < 1.29 is 4.52 Å². The third kappa shape index (κ3) is 1.69. The lowest BCUT2D eigenvalue weighted by Crippen LogP contribution is -2.17. The van der Waals surface area contributed by atoms with Crippen LogP contribution in [0.2, 0.25) is 0 Å². The molecule has 0 saturated heterocycles. The summed E-state index contributed by atoms with van der Waals surface area (Å²) in [5, 5.41) is 4.25. The number of hydrogen-bond donors (Lipinski definition) is 1. The lowest BCUT2D eigenvalue weighted by atomic mass is 9.85. The van der Waals surface area contributed by atoms with Crippen LogP contribution in [0.4, 0.5) is 0 Å². The molecule has 1 aromatic rings. The Morgan fingerprint density at radius 3 is 2.93 bits per heavy atom. The van der Waals surface area contributed by atoms with Crippen molar-refractivity contribution in [1.82, 2.24) is 5.16 Å². The molecule has 1 saturated carbocycles. The fourth-order valence-corrected chi connectivity index (χ4v) is 2.66. The van der Waals surface area contributed by atoms with Crippen LogP contribution in [-0.4, -0.2) is 11.7 Å². The summed E-state index contributed by atoms with van der Waals surface area (Å²) in [5.41, 5.74) is 8.31. The van der Waals surface area contributed by atoms with E-state index in [4.69, 9.17) is 10.3 Å². The van der Waals surface area contributed by atoms with Crippen molar-refractivity contribution in [2.45, 2.75) is 44.4 Å². The monoisotopic (exact) mass is 206 g/mol. The van der Waals surface area contributed by atoms with Gasteiger partial charge in [0, 0.05) is 17.9 Å². The highest BCUT2D eigenvalue weighted by atomic mass is 16.5. The fourth-order valence-electron chi connectivity index (χ4n) is 2.66. The first kappa shape index (κ1) is 9.40. The second-order valence-electron chi connectivity index (χ2n) is 4.93. The number of hydrogen-bond acceptors (Lipinski definition) is 3. The topological polar surface area (TPSA) is 52.0 Å². The predicted octanol–water partition coefficient (Wildman–Crippen LogP) is 2.01. The van der Waals surface area contributed by atoms with Crippen molar-refractivity contribution in [3.63, 3.8) is 0 Å². The molecule has 1 atom stereocenters. The van der Waals surface area contributed by atoms with E-state index in [0.29, 0.717) is 0 Å². The van der Waals surface area contributed by atoms with Crippen molar-refractivity contribution in [1.29, 1.82) is 0 Å². The highest BCUT2D eigenvalue weighted by Gasteiger charge is 2.33. The summed E-state index contributed by atoms with van der Waals surface area (Å²) in [7, 11) is 0. The van der Waals surface area contributed by atoms with Crippen LogP contribution in [0.3, 0.4) is 0 Å². The maximum Gasteiger partial charge on any atom is 0.140 e. The minimum atomic E-state index is 0.725. The molecule has 0 bridgehead atoms. The molecule has 1 aromatic heterocycles. The molecule has 82 valence electrons. The molecule has 0 aliphatic heterocycles. The van der Waals surface area contributed by atoms with E-state index < -0.39 is 0 Å². The number of fused-ring (bicyclic) bond motifs is 1. The molecule has 0 aromatic carbocycles. The van der Waals surface area contributed by atoms with Crippen LogP contribution in [0.5, 0.6) is 0 Å². The maximum absolute atomic E-state index is 5.60. The van der Waals surface area contributed by atoms with Crippen LogP contribution in [0.25, 0.3) is 0 Å². The number of nitrogens with zero attached hydrogens (tertiary/aromatic N) is 1. The summed E-state index contributed by atoms with van der Waals surface area (Å²) in [5.74, 6) is 2.60. The first-order valence-electron chi connectivity index (χ1n) is 6.06. The van der Waals surface area contributed by atoms with Gasteiger partial charge in [0.15, 0.2) is 0 Å². The SMILES string of the molecule is NCCC1CCc2c(C3CC3)noc2C1. The van der Waals surface area contributed by atoms with Crippen LogP contribution in [0, 0.1) is 5.92 Å². The van der Waals surface area contributed by atoms with E-state index in [1.165, 1.54) is 30.5 Å². The van der Waals surface area contributed by atoms with E-state index in [0.717, 1.165) is 43.4 Å². The van der Waals surface area contributed by atoms with Gasteiger partial charge < -0.3 is 10.3 Å². The predicted molar refractivity (Wildman–Crippen MR) is 57.7 cm³/mol. The Hall–Kier alpha value is -0.830. The Kier molecular flexibility index (Phi) is 2.28. The lowest BCUT2D eigenvalue weighted by Gasteiger charge is -2.19. The molecule has 2 aliphatic carbocycles. The van der Waals surface area contributed by atoms with Crippen LogP contribution < -0.4 is 5.73 Å². The highest BCUT2D eigenvalue weighted by molar-refractivity contribution is 5.31. The smallest absolute Gasteiger partial charge is 0.140 e. The third-order valence-electron chi connectivity index (χ3n) is 3.72. The van der Waals surface area contributed by atoms with Crippen LogP contribution >= 0.6 is 0 Å². The molecule has 3 heteroatoms. The van der Waals surface area contributed by atoms with Crippen molar-refractivity contribution in [2.24, 2.45) is 11.7 Å². The highest BCUT2D eigenvalue weighted by Crippen LogP contribution is 2.43. The van der Waals surface area contributed by atoms with Crippen molar-refractivity contribution in [2.75, 3.05) is 6.54 Å². The Morgan fingerprint density at radius 2 is 2.20 bits per heavy atom. The van der Waals surface area contributed by atoms with Gasteiger partial charge in [-0.05, 0) is 44.6 Å². The van der Waals surface area contributed by atoms with Gasteiger partial charge in [0.1, 0.15) is 5.76 Å². The summed E-state index contributed by atoms with van der Waals surface area (Å²) < 4.78 is 5.47. The minimum Gasteiger partial charge on any atom is -0.361 e. The Morgan fingerprint density at radius 1 is 1.33 bits per heavy atom.